The van der Waals surface area contributed by atoms with Crippen molar-refractivity contribution in [3.63, 3.8) is 0 Å². The minimum absolute atomic E-state index is 0.246. The highest BCUT2D eigenvalue weighted by Gasteiger charge is 2.48. The van der Waals surface area contributed by atoms with E-state index in [2.05, 4.69) is 6.07 Å². The molecule has 4 rings (SSSR count). The van der Waals surface area contributed by atoms with Crippen LogP contribution in [0.25, 0.3) is 10.8 Å². The Balaban J connectivity index is 1.14. The van der Waals surface area contributed by atoms with Crippen LogP contribution >= 0.6 is 0 Å². The average molecular weight is 513 g/mol. The monoisotopic (exact) mass is 512 g/mol. The summed E-state index contributed by atoms with van der Waals surface area (Å²) < 4.78 is 47.8. The number of fused-ring (bicyclic) bond motifs is 1. The van der Waals surface area contributed by atoms with Gasteiger partial charge < -0.3 is 9.47 Å². The van der Waals surface area contributed by atoms with E-state index < -0.39 is 18.7 Å². The molecule has 2 atom stereocenters. The summed E-state index contributed by atoms with van der Waals surface area (Å²) in [5.74, 6) is 0.154. The van der Waals surface area contributed by atoms with Crippen LogP contribution in [0.3, 0.4) is 0 Å². The summed E-state index contributed by atoms with van der Waals surface area (Å²) in [7, 11) is 0. The maximum Gasteiger partial charge on any atom is 0.389 e. The molecule has 1 aliphatic heterocycles. The van der Waals surface area contributed by atoms with E-state index in [-0.39, 0.29) is 18.5 Å². The van der Waals surface area contributed by atoms with Crippen molar-refractivity contribution < 1.29 is 27.4 Å². The summed E-state index contributed by atoms with van der Waals surface area (Å²) >= 11 is 0. The molecule has 198 valence electrons. The van der Waals surface area contributed by atoms with Crippen LogP contribution in [0.4, 0.5) is 13.2 Å². The van der Waals surface area contributed by atoms with Crippen LogP contribution in [0.2, 0.25) is 0 Å². The molecule has 1 heterocycles. The number of hydrogen-bond donors (Lipinski definition) is 0. The summed E-state index contributed by atoms with van der Waals surface area (Å²) in [4.78, 5) is 12.7. The lowest BCUT2D eigenvalue weighted by atomic mass is 9.97. The fraction of sp³-hybridized carbons (Fsp3) is 0.452. The number of carbonyl (C=O) groups excluding carboxylic acids is 1. The molecule has 6 heteroatoms. The largest absolute Gasteiger partial charge is 0.425 e. The zero-order valence-corrected chi connectivity index (χ0v) is 21.1. The first kappa shape index (κ1) is 27.2. The molecule has 3 nitrogen and oxygen atoms in total. The van der Waals surface area contributed by atoms with Gasteiger partial charge in [0.2, 0.25) is 0 Å². The third-order valence-electron chi connectivity index (χ3n) is 6.93. The normalized spacial score (nSPS) is 17.2. The number of alkyl halides is 3. The Morgan fingerprint density at radius 2 is 1.38 bits per heavy atom. The molecule has 0 bridgehead atoms. The second kappa shape index (κ2) is 13.1. The van der Waals surface area contributed by atoms with Crippen molar-refractivity contribution in [2.75, 3.05) is 0 Å². The Morgan fingerprint density at radius 3 is 2.11 bits per heavy atom. The Morgan fingerprint density at radius 1 is 0.757 bits per heavy atom. The van der Waals surface area contributed by atoms with Gasteiger partial charge in [-0.1, -0.05) is 99.5 Å². The van der Waals surface area contributed by atoms with Crippen LogP contribution in [0.1, 0.15) is 81.4 Å². The number of rotatable bonds is 14. The van der Waals surface area contributed by atoms with Crippen molar-refractivity contribution in [1.29, 1.82) is 0 Å². The van der Waals surface area contributed by atoms with E-state index in [1.165, 1.54) is 5.56 Å². The number of epoxide rings is 1. The highest BCUT2D eigenvalue weighted by Crippen LogP contribution is 2.41. The zero-order valence-electron chi connectivity index (χ0n) is 21.1. The van der Waals surface area contributed by atoms with Gasteiger partial charge in [-0.05, 0) is 53.3 Å². The first-order chi connectivity index (χ1) is 17.9. The summed E-state index contributed by atoms with van der Waals surface area (Å²) in [6, 6.07) is 21.7. The second-order valence-electron chi connectivity index (χ2n) is 9.90. The van der Waals surface area contributed by atoms with Gasteiger partial charge in [0, 0.05) is 6.42 Å². The predicted octanol–water partition coefficient (Wildman–Crippen LogP) is 8.89. The van der Waals surface area contributed by atoms with Gasteiger partial charge in [-0.3, -0.25) is 0 Å². The number of unbranched alkanes of at least 4 members (excludes halogenated alkanes) is 8. The van der Waals surface area contributed by atoms with Gasteiger partial charge in [0.1, 0.15) is 11.9 Å². The SMILES string of the molecule is O=C(Oc1ccc2ccccc2c1)[C@@H]1O[C@H]1c1ccccc1CCCCCCCCCCCC(F)(F)F. The van der Waals surface area contributed by atoms with Crippen LogP contribution < -0.4 is 4.74 Å². The Kier molecular flexibility index (Phi) is 9.62. The van der Waals surface area contributed by atoms with Crippen LogP contribution in [-0.2, 0) is 16.0 Å². The minimum atomic E-state index is -4.02. The van der Waals surface area contributed by atoms with Gasteiger partial charge in [0.05, 0.1) is 0 Å². The summed E-state index contributed by atoms with van der Waals surface area (Å²) in [6.07, 6.45) is 3.71. The Bertz CT molecular complexity index is 1160. The highest BCUT2D eigenvalue weighted by molar-refractivity contribution is 5.86. The average Bonchev–Trinajstić information content (AvgIpc) is 3.68. The summed E-state index contributed by atoms with van der Waals surface area (Å²) in [6.45, 7) is 0. The molecule has 0 spiro atoms. The number of aryl methyl sites for hydroxylation is 1. The van der Waals surface area contributed by atoms with E-state index in [4.69, 9.17) is 9.47 Å². The number of benzene rings is 3. The van der Waals surface area contributed by atoms with Crippen molar-refractivity contribution in [1.82, 2.24) is 0 Å². The van der Waals surface area contributed by atoms with E-state index in [9.17, 15) is 18.0 Å². The molecular formula is C31H35F3O3. The maximum atomic E-state index is 12.7. The lowest BCUT2D eigenvalue weighted by Crippen LogP contribution is -2.15. The molecule has 3 aromatic carbocycles. The smallest absolute Gasteiger partial charge is 0.389 e. The fourth-order valence-electron chi connectivity index (χ4n) is 4.85. The van der Waals surface area contributed by atoms with Crippen LogP contribution in [-0.4, -0.2) is 18.2 Å². The predicted molar refractivity (Wildman–Crippen MR) is 140 cm³/mol. The number of hydrogen-bond acceptors (Lipinski definition) is 3. The molecule has 3 aromatic rings. The molecule has 1 saturated heterocycles. The second-order valence-corrected chi connectivity index (χ2v) is 9.90. The van der Waals surface area contributed by atoms with E-state index in [1.807, 2.05) is 54.6 Å². The Labute approximate surface area is 217 Å². The molecule has 37 heavy (non-hydrogen) atoms. The van der Waals surface area contributed by atoms with E-state index in [1.54, 1.807) is 6.07 Å². The van der Waals surface area contributed by atoms with Crippen LogP contribution in [0.5, 0.6) is 5.75 Å². The molecule has 0 radical (unpaired) electrons. The molecule has 0 saturated carbocycles. The van der Waals surface area contributed by atoms with E-state index in [0.29, 0.717) is 12.2 Å². The first-order valence-electron chi connectivity index (χ1n) is 13.4. The lowest BCUT2D eigenvalue weighted by molar-refractivity contribution is -0.136. The van der Waals surface area contributed by atoms with Crippen molar-refractivity contribution in [2.45, 2.75) is 89.0 Å². The van der Waals surface area contributed by atoms with Gasteiger partial charge >= 0.3 is 12.1 Å². The maximum absolute atomic E-state index is 12.7. The molecule has 0 N–H and O–H groups in total. The van der Waals surface area contributed by atoms with Crippen molar-refractivity contribution >= 4 is 16.7 Å². The third kappa shape index (κ3) is 8.60. The summed E-state index contributed by atoms with van der Waals surface area (Å²) in [5.41, 5.74) is 2.26. The van der Waals surface area contributed by atoms with Gasteiger partial charge in [0.15, 0.2) is 6.10 Å². The molecule has 1 fully saturated rings. The topological polar surface area (TPSA) is 38.8 Å². The molecule has 0 unspecified atom stereocenters. The molecule has 0 aromatic heterocycles. The van der Waals surface area contributed by atoms with E-state index in [0.717, 1.165) is 67.7 Å². The van der Waals surface area contributed by atoms with Crippen LogP contribution in [0, 0.1) is 0 Å². The molecular weight excluding hydrogens is 477 g/mol. The standard InChI is InChI=1S/C31H35F3O3/c32-31(33,34)21-13-7-5-3-1-2-4-6-8-15-24-16-11-12-18-27(24)28-29(37-28)30(35)36-26-20-19-23-14-9-10-17-25(23)22-26/h9-12,14,16-20,22,28-29H,1-8,13,15,21H2/t28-,29+/m0/s1. The summed E-state index contributed by atoms with van der Waals surface area (Å²) in [5, 5.41) is 2.11. The van der Waals surface area contributed by atoms with Crippen LogP contribution in [0.15, 0.2) is 66.7 Å². The van der Waals surface area contributed by atoms with Crippen molar-refractivity contribution in [3.05, 3.63) is 77.9 Å². The fourth-order valence-corrected chi connectivity index (χ4v) is 4.85. The first-order valence-corrected chi connectivity index (χ1v) is 13.4. The van der Waals surface area contributed by atoms with Gasteiger partial charge in [-0.15, -0.1) is 0 Å². The lowest BCUT2D eigenvalue weighted by Gasteiger charge is -2.08. The zero-order chi connectivity index (χ0) is 26.1. The number of esters is 1. The van der Waals surface area contributed by atoms with E-state index >= 15 is 0 Å². The molecule has 1 aliphatic rings. The van der Waals surface area contributed by atoms with Gasteiger partial charge in [0.25, 0.3) is 0 Å². The third-order valence-corrected chi connectivity index (χ3v) is 6.93. The number of halogens is 3. The quantitative estimate of drug-likeness (QED) is 0.0937. The minimum Gasteiger partial charge on any atom is -0.425 e. The van der Waals surface area contributed by atoms with Gasteiger partial charge in [-0.2, -0.15) is 13.2 Å². The number of ether oxygens (including phenoxy) is 2. The molecule has 0 aliphatic carbocycles. The number of carbonyl (C=O) groups is 1. The Hall–Kier alpha value is -2.86. The van der Waals surface area contributed by atoms with Crippen molar-refractivity contribution in [2.24, 2.45) is 0 Å². The van der Waals surface area contributed by atoms with Gasteiger partial charge in [-0.25, -0.2) is 4.79 Å². The molecule has 0 amide bonds. The highest BCUT2D eigenvalue weighted by atomic mass is 19.4. The van der Waals surface area contributed by atoms with Crippen molar-refractivity contribution in [3.8, 4) is 5.75 Å².